The van der Waals surface area contributed by atoms with E-state index in [0.717, 1.165) is 16.7 Å². The molecule has 148 valence electrons. The number of aromatic nitrogens is 4. The Hall–Kier alpha value is -3.29. The second-order valence-electron chi connectivity index (χ2n) is 6.89. The molecule has 0 unspecified atom stereocenters. The summed E-state index contributed by atoms with van der Waals surface area (Å²) in [6.45, 7) is 2.18. The van der Waals surface area contributed by atoms with Gasteiger partial charge in [-0.25, -0.2) is 4.98 Å². The highest BCUT2D eigenvalue weighted by Crippen LogP contribution is 2.30. The Bertz CT molecular complexity index is 1400. The van der Waals surface area contributed by atoms with Crippen molar-refractivity contribution >= 4 is 33.2 Å². The topological polar surface area (TPSA) is 73.8 Å². The lowest BCUT2D eigenvalue weighted by molar-refractivity contribution is 0.369. The molecule has 0 fully saturated rings. The minimum atomic E-state index is -0.136. The molecule has 5 rings (SSSR count). The first-order valence-electron chi connectivity index (χ1n) is 9.21. The molecule has 0 amide bonds. The molecule has 0 aliphatic carbocycles. The van der Waals surface area contributed by atoms with Crippen molar-refractivity contribution < 1.29 is 4.52 Å². The smallest absolute Gasteiger partial charge is 0.263 e. The van der Waals surface area contributed by atoms with Crippen molar-refractivity contribution in [1.29, 1.82) is 0 Å². The molecule has 0 saturated carbocycles. The number of rotatable bonds is 4. The van der Waals surface area contributed by atoms with Crippen LogP contribution >= 0.6 is 22.9 Å². The molecule has 6 nitrogen and oxygen atoms in total. The first-order valence-corrected chi connectivity index (χ1v) is 10.5. The van der Waals surface area contributed by atoms with Gasteiger partial charge in [0.05, 0.1) is 11.7 Å². The van der Waals surface area contributed by atoms with Crippen LogP contribution in [0.3, 0.4) is 0 Å². The molecular formula is C22H15ClN4O2S. The zero-order valence-corrected chi connectivity index (χ0v) is 17.4. The molecule has 0 N–H and O–H groups in total. The van der Waals surface area contributed by atoms with Crippen molar-refractivity contribution in [3.63, 3.8) is 0 Å². The molecule has 5 aromatic rings. The van der Waals surface area contributed by atoms with Crippen LogP contribution in [0.15, 0.2) is 69.6 Å². The summed E-state index contributed by atoms with van der Waals surface area (Å²) >= 11 is 7.38. The number of fused-ring (bicyclic) bond motifs is 1. The van der Waals surface area contributed by atoms with Crippen LogP contribution in [0.1, 0.15) is 11.5 Å². The largest absolute Gasteiger partial charge is 0.337 e. The quantitative estimate of drug-likeness (QED) is 0.389. The Morgan fingerprint density at radius 3 is 2.57 bits per heavy atom. The molecule has 0 aliphatic heterocycles. The minimum absolute atomic E-state index is 0.136. The summed E-state index contributed by atoms with van der Waals surface area (Å²) in [6, 6.07) is 15.3. The van der Waals surface area contributed by atoms with Gasteiger partial charge in [-0.2, -0.15) is 4.98 Å². The van der Waals surface area contributed by atoms with E-state index in [2.05, 4.69) is 15.1 Å². The number of nitrogens with zero attached hydrogens (tertiary/aromatic N) is 4. The van der Waals surface area contributed by atoms with Gasteiger partial charge in [-0.05, 0) is 36.8 Å². The van der Waals surface area contributed by atoms with Crippen molar-refractivity contribution in [2.24, 2.45) is 0 Å². The van der Waals surface area contributed by atoms with E-state index in [0.29, 0.717) is 27.0 Å². The zero-order chi connectivity index (χ0) is 20.7. The molecule has 0 bridgehead atoms. The average molecular weight is 435 g/mol. The Morgan fingerprint density at radius 2 is 1.80 bits per heavy atom. The molecule has 3 aromatic heterocycles. The fraction of sp³-hybridized carbons (Fsp3) is 0.0909. The van der Waals surface area contributed by atoms with Gasteiger partial charge in [0.2, 0.25) is 11.7 Å². The lowest BCUT2D eigenvalue weighted by Crippen LogP contribution is -2.21. The van der Waals surface area contributed by atoms with E-state index in [1.165, 1.54) is 27.8 Å². The first-order chi connectivity index (χ1) is 14.6. The van der Waals surface area contributed by atoms with Gasteiger partial charge in [0.25, 0.3) is 5.56 Å². The first kappa shape index (κ1) is 18.7. The van der Waals surface area contributed by atoms with Crippen molar-refractivity contribution in [3.8, 4) is 22.5 Å². The van der Waals surface area contributed by atoms with Crippen LogP contribution in [-0.2, 0) is 6.54 Å². The fourth-order valence-electron chi connectivity index (χ4n) is 3.21. The second-order valence-corrected chi connectivity index (χ2v) is 8.19. The maximum Gasteiger partial charge on any atom is 0.263 e. The maximum atomic E-state index is 13.2. The Morgan fingerprint density at radius 1 is 1.07 bits per heavy atom. The van der Waals surface area contributed by atoms with Crippen LogP contribution in [0, 0.1) is 6.92 Å². The third-order valence-electron chi connectivity index (χ3n) is 4.80. The van der Waals surface area contributed by atoms with Crippen molar-refractivity contribution in [1.82, 2.24) is 19.7 Å². The van der Waals surface area contributed by atoms with Gasteiger partial charge in [-0.15, -0.1) is 11.3 Å². The minimum Gasteiger partial charge on any atom is -0.337 e. The van der Waals surface area contributed by atoms with E-state index < -0.39 is 0 Å². The molecule has 8 heteroatoms. The molecule has 30 heavy (non-hydrogen) atoms. The van der Waals surface area contributed by atoms with Crippen LogP contribution in [0.4, 0.5) is 0 Å². The van der Waals surface area contributed by atoms with Crippen molar-refractivity contribution in [2.75, 3.05) is 0 Å². The average Bonchev–Trinajstić information content (AvgIpc) is 3.39. The monoisotopic (exact) mass is 434 g/mol. The Labute approximate surface area is 180 Å². The van der Waals surface area contributed by atoms with Gasteiger partial charge in [0.1, 0.15) is 11.4 Å². The molecule has 0 spiro atoms. The van der Waals surface area contributed by atoms with Crippen LogP contribution in [0.2, 0.25) is 5.02 Å². The number of aryl methyl sites for hydroxylation is 1. The summed E-state index contributed by atoms with van der Waals surface area (Å²) in [5.74, 6) is 0.773. The predicted molar refractivity (Wildman–Crippen MR) is 118 cm³/mol. The van der Waals surface area contributed by atoms with Gasteiger partial charge < -0.3 is 4.52 Å². The van der Waals surface area contributed by atoms with Crippen LogP contribution < -0.4 is 5.56 Å². The SMILES string of the molecule is Cc1ccc(-c2csc3ncn(Cc4nc(-c5ccc(Cl)cc5)no4)c(=O)c23)cc1. The Balaban J connectivity index is 1.50. The van der Waals surface area contributed by atoms with E-state index in [-0.39, 0.29) is 12.1 Å². The Kier molecular flexibility index (Phi) is 4.69. The summed E-state index contributed by atoms with van der Waals surface area (Å²) in [5.41, 5.74) is 3.69. The maximum absolute atomic E-state index is 13.2. The second kappa shape index (κ2) is 7.51. The van der Waals surface area contributed by atoms with Gasteiger partial charge in [-0.3, -0.25) is 9.36 Å². The molecule has 3 heterocycles. The number of halogens is 1. The van der Waals surface area contributed by atoms with Crippen LogP contribution in [0.5, 0.6) is 0 Å². The van der Waals surface area contributed by atoms with Crippen molar-refractivity contribution in [2.45, 2.75) is 13.5 Å². The van der Waals surface area contributed by atoms with Gasteiger partial charge in [0.15, 0.2) is 0 Å². The van der Waals surface area contributed by atoms with E-state index in [1.54, 1.807) is 12.1 Å². The highest BCUT2D eigenvalue weighted by molar-refractivity contribution is 7.17. The van der Waals surface area contributed by atoms with E-state index in [9.17, 15) is 4.79 Å². The lowest BCUT2D eigenvalue weighted by Gasteiger charge is -2.04. The van der Waals surface area contributed by atoms with Gasteiger partial charge in [-0.1, -0.05) is 46.6 Å². The molecule has 0 atom stereocenters. The lowest BCUT2D eigenvalue weighted by atomic mass is 10.1. The molecule has 0 saturated heterocycles. The van der Waals surface area contributed by atoms with Gasteiger partial charge in [0, 0.05) is 21.5 Å². The van der Waals surface area contributed by atoms with Gasteiger partial charge >= 0.3 is 0 Å². The van der Waals surface area contributed by atoms with E-state index in [4.69, 9.17) is 16.1 Å². The number of benzene rings is 2. The summed E-state index contributed by atoms with van der Waals surface area (Å²) in [5, 5.41) is 7.21. The highest BCUT2D eigenvalue weighted by atomic mass is 35.5. The summed E-state index contributed by atoms with van der Waals surface area (Å²) in [4.78, 5) is 22.8. The van der Waals surface area contributed by atoms with Crippen molar-refractivity contribution in [3.05, 3.63) is 87.1 Å². The number of thiophene rings is 1. The van der Waals surface area contributed by atoms with E-state index >= 15 is 0 Å². The van der Waals surface area contributed by atoms with Crippen LogP contribution in [0.25, 0.3) is 32.7 Å². The third-order valence-corrected chi connectivity index (χ3v) is 5.94. The summed E-state index contributed by atoms with van der Waals surface area (Å²) < 4.78 is 6.84. The fourth-order valence-corrected chi connectivity index (χ4v) is 4.24. The molecular weight excluding hydrogens is 420 g/mol. The molecule has 2 aromatic carbocycles. The number of hydrogen-bond donors (Lipinski definition) is 0. The van der Waals surface area contributed by atoms with Crippen LogP contribution in [-0.4, -0.2) is 19.7 Å². The standard InChI is InChI=1S/C22H15ClN4O2S/c1-13-2-4-14(5-3-13)17-11-30-21-19(17)22(28)27(12-24-21)10-18-25-20(26-29-18)15-6-8-16(23)9-7-15/h2-9,11-12H,10H2,1H3. The molecule has 0 radical (unpaired) electrons. The summed E-state index contributed by atoms with van der Waals surface area (Å²) in [7, 11) is 0. The summed E-state index contributed by atoms with van der Waals surface area (Å²) in [6.07, 6.45) is 1.52. The van der Waals surface area contributed by atoms with E-state index in [1.807, 2.05) is 48.7 Å². The number of hydrogen-bond acceptors (Lipinski definition) is 6. The highest BCUT2D eigenvalue weighted by Gasteiger charge is 2.15. The normalized spacial score (nSPS) is 11.3. The third kappa shape index (κ3) is 3.42. The predicted octanol–water partition coefficient (Wildman–Crippen LogP) is 5.19. The molecule has 0 aliphatic rings. The zero-order valence-electron chi connectivity index (χ0n) is 15.9.